The van der Waals surface area contributed by atoms with E-state index in [1.807, 2.05) is 18.3 Å². The van der Waals surface area contributed by atoms with E-state index in [9.17, 15) is 0 Å². The topological polar surface area (TPSA) is 12.9 Å². The molecule has 0 spiro atoms. The number of rotatable bonds is 3. The Bertz CT molecular complexity index is 1280. The van der Waals surface area contributed by atoms with E-state index in [0.717, 1.165) is 17.9 Å². The Morgan fingerprint density at radius 3 is 2.71 bits per heavy atom. The van der Waals surface area contributed by atoms with Crippen LogP contribution in [0.2, 0.25) is 10.0 Å². The molecule has 0 bridgehead atoms. The van der Waals surface area contributed by atoms with E-state index in [4.69, 9.17) is 23.2 Å². The Labute approximate surface area is 174 Å². The second-order valence-corrected chi connectivity index (χ2v) is 8.62. The van der Waals surface area contributed by atoms with Gasteiger partial charge in [0.1, 0.15) is 0 Å². The van der Waals surface area contributed by atoms with Crippen molar-refractivity contribution in [2.45, 2.75) is 38.0 Å². The van der Waals surface area contributed by atoms with Gasteiger partial charge in [0, 0.05) is 23.3 Å². The summed E-state index contributed by atoms with van der Waals surface area (Å²) in [5.74, 6) is 0.376. The van der Waals surface area contributed by atoms with Gasteiger partial charge >= 0.3 is 0 Å². The summed E-state index contributed by atoms with van der Waals surface area (Å²) in [6, 6.07) is 12.9. The Kier molecular flexibility index (Phi) is 4.74. The molecule has 3 aromatic rings. The van der Waals surface area contributed by atoms with Crippen LogP contribution >= 0.6 is 23.2 Å². The van der Waals surface area contributed by atoms with Gasteiger partial charge in [0.15, 0.2) is 0 Å². The first-order chi connectivity index (χ1) is 13.7. The molecule has 1 unspecified atom stereocenters. The zero-order chi connectivity index (χ0) is 19.1. The summed E-state index contributed by atoms with van der Waals surface area (Å²) < 4.78 is 0. The summed E-state index contributed by atoms with van der Waals surface area (Å²) in [4.78, 5) is 4.25. The number of aromatic nitrogens is 1. The van der Waals surface area contributed by atoms with E-state index >= 15 is 0 Å². The SMILES string of the molecule is Clc1cncc(CCC2C=c3cc(Cl)ccc3=c3ccc4c(c32)CCCC=4)c1. The van der Waals surface area contributed by atoms with Gasteiger partial charge in [-0.25, -0.2) is 0 Å². The number of halogens is 2. The van der Waals surface area contributed by atoms with Gasteiger partial charge < -0.3 is 0 Å². The molecule has 2 aliphatic carbocycles. The molecule has 0 saturated heterocycles. The van der Waals surface area contributed by atoms with Gasteiger partial charge in [0.05, 0.1) is 5.02 Å². The summed E-state index contributed by atoms with van der Waals surface area (Å²) >= 11 is 12.4. The maximum Gasteiger partial charge on any atom is 0.0592 e. The zero-order valence-electron chi connectivity index (χ0n) is 15.6. The molecule has 0 saturated carbocycles. The molecule has 1 nitrogen and oxygen atoms in total. The van der Waals surface area contributed by atoms with Gasteiger partial charge in [0.25, 0.3) is 0 Å². The fraction of sp³-hybridized carbons (Fsp3) is 0.240. The normalized spacial score (nSPS) is 17.0. The third kappa shape index (κ3) is 3.27. The first-order valence-electron chi connectivity index (χ1n) is 9.92. The molecule has 0 aliphatic heterocycles. The fourth-order valence-electron chi connectivity index (χ4n) is 4.71. The molecule has 3 heteroatoms. The van der Waals surface area contributed by atoms with Crippen molar-refractivity contribution in [2.24, 2.45) is 0 Å². The molecule has 0 amide bonds. The highest BCUT2D eigenvalue weighted by Crippen LogP contribution is 2.31. The molecule has 5 rings (SSSR count). The predicted octanol–water partition coefficient (Wildman–Crippen LogP) is 5.30. The van der Waals surface area contributed by atoms with E-state index in [-0.39, 0.29) is 0 Å². The molecule has 1 atom stereocenters. The number of benzene rings is 2. The van der Waals surface area contributed by atoms with Gasteiger partial charge in [0.2, 0.25) is 0 Å². The molecular weight excluding hydrogens is 385 g/mol. The van der Waals surface area contributed by atoms with Crippen molar-refractivity contribution in [3.05, 3.63) is 96.4 Å². The quantitative estimate of drug-likeness (QED) is 0.575. The van der Waals surface area contributed by atoms with Crippen LogP contribution in [0.3, 0.4) is 0 Å². The number of aryl methyl sites for hydroxylation is 1. The number of nitrogens with zero attached hydrogens (tertiary/aromatic N) is 1. The summed E-state index contributed by atoms with van der Waals surface area (Å²) in [6.45, 7) is 0. The largest absolute Gasteiger partial charge is 0.263 e. The van der Waals surface area contributed by atoms with Crippen LogP contribution in [0, 0.1) is 10.4 Å². The van der Waals surface area contributed by atoms with Crippen molar-refractivity contribution in [3.8, 4) is 0 Å². The van der Waals surface area contributed by atoms with Crippen LogP contribution in [0.5, 0.6) is 0 Å². The van der Waals surface area contributed by atoms with Crippen molar-refractivity contribution in [2.75, 3.05) is 0 Å². The van der Waals surface area contributed by atoms with Crippen LogP contribution in [0.1, 0.15) is 41.9 Å². The van der Waals surface area contributed by atoms with Crippen LogP contribution < -0.4 is 10.4 Å². The molecule has 28 heavy (non-hydrogen) atoms. The smallest absolute Gasteiger partial charge is 0.0592 e. The number of hydrogen-bond acceptors (Lipinski definition) is 1. The highest BCUT2D eigenvalue weighted by molar-refractivity contribution is 6.30. The Morgan fingerprint density at radius 2 is 1.82 bits per heavy atom. The minimum atomic E-state index is 0.376. The molecule has 2 aromatic carbocycles. The minimum Gasteiger partial charge on any atom is -0.263 e. The second kappa shape index (κ2) is 7.39. The Hall–Kier alpha value is -2.09. The van der Waals surface area contributed by atoms with Crippen LogP contribution in [0.4, 0.5) is 0 Å². The van der Waals surface area contributed by atoms with Crippen molar-refractivity contribution in [1.82, 2.24) is 4.98 Å². The van der Waals surface area contributed by atoms with Gasteiger partial charge in [-0.2, -0.15) is 0 Å². The lowest BCUT2D eigenvalue weighted by Crippen LogP contribution is -2.22. The molecule has 2 aliphatic rings. The lowest BCUT2D eigenvalue weighted by molar-refractivity contribution is 0.727. The molecule has 1 heterocycles. The Morgan fingerprint density at radius 1 is 0.929 bits per heavy atom. The second-order valence-electron chi connectivity index (χ2n) is 7.75. The average molecular weight is 406 g/mol. The van der Waals surface area contributed by atoms with Gasteiger partial charge in [-0.05, 0) is 87.9 Å². The molecular formula is C25H21Cl2N. The lowest BCUT2D eigenvalue weighted by Gasteiger charge is -2.24. The van der Waals surface area contributed by atoms with Crippen LogP contribution in [-0.4, -0.2) is 4.98 Å². The molecule has 0 fully saturated rings. The first kappa shape index (κ1) is 18.0. The standard InChI is InChI=1S/C25H21Cl2N/c26-20-8-10-22-19(13-20)12-18(6-5-16-11-21(27)15-28-14-16)25-23-4-2-1-3-17(23)7-9-24(22)25/h3,7-15,18H,1-2,4-6H2. The molecule has 140 valence electrons. The summed E-state index contributed by atoms with van der Waals surface area (Å²) in [6.07, 6.45) is 14.0. The van der Waals surface area contributed by atoms with Crippen molar-refractivity contribution in [3.63, 3.8) is 0 Å². The monoisotopic (exact) mass is 405 g/mol. The van der Waals surface area contributed by atoms with Crippen LogP contribution in [0.15, 0.2) is 48.8 Å². The number of pyridine rings is 1. The summed E-state index contributed by atoms with van der Waals surface area (Å²) in [7, 11) is 0. The van der Waals surface area contributed by atoms with Gasteiger partial charge in [-0.1, -0.05) is 53.6 Å². The van der Waals surface area contributed by atoms with E-state index in [2.05, 4.69) is 41.4 Å². The van der Waals surface area contributed by atoms with E-state index in [1.165, 1.54) is 56.8 Å². The third-order valence-corrected chi connectivity index (χ3v) is 6.39. The maximum atomic E-state index is 6.31. The fourth-order valence-corrected chi connectivity index (χ4v) is 5.08. The highest BCUT2D eigenvalue weighted by atomic mass is 35.5. The van der Waals surface area contributed by atoms with E-state index in [1.54, 1.807) is 6.20 Å². The first-order valence-corrected chi connectivity index (χ1v) is 10.7. The number of hydrogen-bond donors (Lipinski definition) is 0. The van der Waals surface area contributed by atoms with Crippen molar-refractivity contribution >= 4 is 35.4 Å². The molecule has 0 N–H and O–H groups in total. The van der Waals surface area contributed by atoms with E-state index < -0.39 is 0 Å². The van der Waals surface area contributed by atoms with Crippen molar-refractivity contribution in [1.29, 1.82) is 0 Å². The zero-order valence-corrected chi connectivity index (χ0v) is 17.1. The molecule has 1 aromatic heterocycles. The third-order valence-electron chi connectivity index (χ3n) is 5.95. The minimum absolute atomic E-state index is 0.376. The molecule has 0 radical (unpaired) electrons. The summed E-state index contributed by atoms with van der Waals surface area (Å²) in [5, 5.41) is 6.84. The van der Waals surface area contributed by atoms with Gasteiger partial charge in [-0.3, -0.25) is 4.98 Å². The summed E-state index contributed by atoms with van der Waals surface area (Å²) in [5.41, 5.74) is 4.24. The number of fused-ring (bicyclic) bond motifs is 4. The van der Waals surface area contributed by atoms with Crippen LogP contribution in [0.25, 0.3) is 12.2 Å². The van der Waals surface area contributed by atoms with E-state index in [0.29, 0.717) is 10.9 Å². The lowest BCUT2D eigenvalue weighted by atomic mass is 9.80. The van der Waals surface area contributed by atoms with Crippen molar-refractivity contribution < 1.29 is 0 Å². The average Bonchev–Trinajstić information content (AvgIpc) is 2.71. The Balaban J connectivity index is 1.68. The van der Waals surface area contributed by atoms with Gasteiger partial charge in [-0.15, -0.1) is 0 Å². The predicted molar refractivity (Wildman–Crippen MR) is 117 cm³/mol. The maximum absolute atomic E-state index is 6.31. The van der Waals surface area contributed by atoms with Crippen LogP contribution in [-0.2, 0) is 12.8 Å². The highest BCUT2D eigenvalue weighted by Gasteiger charge is 2.20.